The van der Waals surface area contributed by atoms with E-state index in [1.807, 2.05) is 62.4 Å². The number of rotatable bonds is 10. The van der Waals surface area contributed by atoms with E-state index in [2.05, 4.69) is 19.2 Å². The van der Waals surface area contributed by atoms with E-state index in [9.17, 15) is 21.6 Å². The van der Waals surface area contributed by atoms with Gasteiger partial charge in [-0.3, -0.25) is 24.0 Å². The first kappa shape index (κ1) is 30.5. The maximum absolute atomic E-state index is 13.5. The summed E-state index contributed by atoms with van der Waals surface area (Å²) in [5, 5.41) is 0. The molecule has 2 unspecified atom stereocenters. The maximum atomic E-state index is 13.5. The second-order valence-corrected chi connectivity index (χ2v) is 14.9. The first-order chi connectivity index (χ1) is 18.8. The van der Waals surface area contributed by atoms with Crippen molar-refractivity contribution < 1.29 is 21.6 Å². The predicted molar refractivity (Wildman–Crippen MR) is 161 cm³/mol. The Morgan fingerprint density at radius 2 is 0.950 bits per heavy atom. The molecular formula is C29H42N4O5S2. The molecular weight excluding hydrogens is 548 g/mol. The Morgan fingerprint density at radius 3 is 1.23 bits per heavy atom. The molecule has 2 fully saturated rings. The molecule has 220 valence electrons. The van der Waals surface area contributed by atoms with Gasteiger partial charge in [0.1, 0.15) is 0 Å². The molecule has 9 nitrogen and oxygen atoms in total. The highest BCUT2D eigenvalue weighted by atomic mass is 32.2. The SMILES string of the molecule is CC(C(=O)C(C)N1CCC(c2ccc(NS(C)(=O)=O)cc2)CC1)N1CCC(c2ccc(NS(C)(=O)=O)cc2)CC1. The van der Waals surface area contributed by atoms with Crippen LogP contribution < -0.4 is 9.44 Å². The standard InChI is InChI=1S/C29H42N4O5S2/c1-21(32-17-13-25(14-18-32)23-5-9-27(10-6-23)30-39(3,35)36)29(34)22(2)33-19-15-26(16-20-33)24-7-11-28(12-8-24)31-40(4,37)38/h5-12,21-22,25-26,30-31H,13-20H2,1-4H3. The smallest absolute Gasteiger partial charge is 0.229 e. The van der Waals surface area contributed by atoms with E-state index in [1.54, 1.807) is 0 Å². The van der Waals surface area contributed by atoms with Crippen molar-refractivity contribution in [3.8, 4) is 0 Å². The molecule has 2 saturated heterocycles. The van der Waals surface area contributed by atoms with E-state index < -0.39 is 20.0 Å². The molecule has 40 heavy (non-hydrogen) atoms. The molecule has 2 N–H and O–H groups in total. The average Bonchev–Trinajstić information content (AvgIpc) is 2.91. The topological polar surface area (TPSA) is 116 Å². The number of ketones is 1. The number of nitrogens with zero attached hydrogens (tertiary/aromatic N) is 2. The summed E-state index contributed by atoms with van der Waals surface area (Å²) in [4.78, 5) is 18.1. The highest BCUT2D eigenvalue weighted by molar-refractivity contribution is 7.92. The van der Waals surface area contributed by atoms with Crippen LogP contribution in [0.25, 0.3) is 0 Å². The van der Waals surface area contributed by atoms with Crippen LogP contribution in [0.5, 0.6) is 0 Å². The summed E-state index contributed by atoms with van der Waals surface area (Å²) in [6.45, 7) is 7.51. The Labute approximate surface area is 239 Å². The zero-order valence-corrected chi connectivity index (χ0v) is 25.5. The number of hydrogen-bond acceptors (Lipinski definition) is 7. The summed E-state index contributed by atoms with van der Waals surface area (Å²) in [5.74, 6) is 1.07. The minimum atomic E-state index is -3.29. The molecule has 0 spiro atoms. The molecule has 0 amide bonds. The lowest BCUT2D eigenvalue weighted by molar-refractivity contribution is -0.129. The second-order valence-electron chi connectivity index (χ2n) is 11.4. The van der Waals surface area contributed by atoms with Crippen molar-refractivity contribution in [1.29, 1.82) is 0 Å². The quantitative estimate of drug-likeness (QED) is 0.432. The third-order valence-corrected chi connectivity index (χ3v) is 9.56. The molecule has 0 aliphatic carbocycles. The van der Waals surface area contributed by atoms with Crippen LogP contribution in [0, 0.1) is 0 Å². The number of carbonyl (C=O) groups excluding carboxylic acids is 1. The first-order valence-electron chi connectivity index (χ1n) is 14.0. The zero-order valence-electron chi connectivity index (χ0n) is 23.8. The summed E-state index contributed by atoms with van der Waals surface area (Å²) in [5.41, 5.74) is 3.55. The summed E-state index contributed by atoms with van der Waals surface area (Å²) in [7, 11) is -6.58. The number of benzene rings is 2. The molecule has 2 atom stereocenters. The fraction of sp³-hybridized carbons (Fsp3) is 0.552. The van der Waals surface area contributed by atoms with Gasteiger partial charge in [0.25, 0.3) is 0 Å². The third kappa shape index (κ3) is 8.28. The Bertz CT molecular complexity index is 1260. The van der Waals surface area contributed by atoms with Crippen LogP contribution in [0.2, 0.25) is 0 Å². The van der Waals surface area contributed by atoms with Gasteiger partial charge in [-0.1, -0.05) is 24.3 Å². The molecule has 11 heteroatoms. The summed E-state index contributed by atoms with van der Waals surface area (Å²) in [6.07, 6.45) is 6.16. The zero-order chi connectivity index (χ0) is 29.1. The summed E-state index contributed by atoms with van der Waals surface area (Å²) in [6, 6.07) is 15.0. The monoisotopic (exact) mass is 590 g/mol. The van der Waals surface area contributed by atoms with Gasteiger partial charge in [-0.15, -0.1) is 0 Å². The van der Waals surface area contributed by atoms with E-state index in [-0.39, 0.29) is 17.9 Å². The van der Waals surface area contributed by atoms with Crippen LogP contribution in [0.15, 0.2) is 48.5 Å². The highest BCUT2D eigenvalue weighted by Gasteiger charge is 2.33. The number of piperidine rings is 2. The van der Waals surface area contributed by atoms with E-state index in [4.69, 9.17) is 0 Å². The van der Waals surface area contributed by atoms with Crippen LogP contribution in [0.3, 0.4) is 0 Å². The molecule has 0 aromatic heterocycles. The van der Waals surface area contributed by atoms with Crippen molar-refractivity contribution >= 4 is 37.2 Å². The Kier molecular flexibility index (Phi) is 9.59. The fourth-order valence-corrected chi connectivity index (χ4v) is 7.15. The van der Waals surface area contributed by atoms with Crippen LogP contribution in [0.1, 0.15) is 62.5 Å². The Morgan fingerprint density at radius 1 is 0.650 bits per heavy atom. The van der Waals surface area contributed by atoms with Crippen molar-refractivity contribution in [3.63, 3.8) is 0 Å². The van der Waals surface area contributed by atoms with Gasteiger partial charge in [-0.2, -0.15) is 0 Å². The van der Waals surface area contributed by atoms with Gasteiger partial charge in [-0.25, -0.2) is 16.8 Å². The molecule has 2 aliphatic heterocycles. The summed E-state index contributed by atoms with van der Waals surface area (Å²) >= 11 is 0. The lowest BCUT2D eigenvalue weighted by Crippen LogP contribution is -2.52. The Hall–Kier alpha value is -2.47. The van der Waals surface area contributed by atoms with Crippen molar-refractivity contribution in [1.82, 2.24) is 9.80 Å². The molecule has 4 rings (SSSR count). The van der Waals surface area contributed by atoms with Crippen molar-refractivity contribution in [2.24, 2.45) is 0 Å². The molecule has 0 bridgehead atoms. The lowest BCUT2D eigenvalue weighted by atomic mass is 9.87. The van der Waals surface area contributed by atoms with Crippen LogP contribution >= 0.6 is 0 Å². The molecule has 2 aromatic carbocycles. The number of Topliss-reactive ketones (excluding diaryl/α,β-unsaturated/α-hetero) is 1. The van der Waals surface area contributed by atoms with E-state index in [0.717, 1.165) is 64.4 Å². The molecule has 2 heterocycles. The number of hydrogen-bond donors (Lipinski definition) is 2. The molecule has 0 saturated carbocycles. The van der Waals surface area contributed by atoms with Crippen molar-refractivity contribution in [2.45, 2.75) is 63.5 Å². The normalized spacial score (nSPS) is 20.1. The van der Waals surface area contributed by atoms with Gasteiger partial charge in [0.15, 0.2) is 5.78 Å². The predicted octanol–water partition coefficient (Wildman–Crippen LogP) is 3.83. The van der Waals surface area contributed by atoms with Gasteiger partial charge in [0, 0.05) is 11.4 Å². The molecule has 0 radical (unpaired) electrons. The van der Waals surface area contributed by atoms with Gasteiger partial charge >= 0.3 is 0 Å². The van der Waals surface area contributed by atoms with Crippen LogP contribution in [-0.2, 0) is 24.8 Å². The Balaban J connectivity index is 1.24. The largest absolute Gasteiger partial charge is 0.296 e. The lowest BCUT2D eigenvalue weighted by Gasteiger charge is -2.40. The first-order valence-corrected chi connectivity index (χ1v) is 17.7. The van der Waals surface area contributed by atoms with Gasteiger partial charge in [0.2, 0.25) is 20.0 Å². The summed E-state index contributed by atoms with van der Waals surface area (Å²) < 4.78 is 50.8. The number of anilines is 2. The van der Waals surface area contributed by atoms with Gasteiger partial charge < -0.3 is 0 Å². The number of nitrogens with one attached hydrogen (secondary N) is 2. The maximum Gasteiger partial charge on any atom is 0.229 e. The van der Waals surface area contributed by atoms with Crippen LogP contribution in [0.4, 0.5) is 11.4 Å². The number of carbonyl (C=O) groups is 1. The van der Waals surface area contributed by atoms with Crippen LogP contribution in [-0.4, -0.2) is 83.2 Å². The third-order valence-electron chi connectivity index (χ3n) is 8.35. The minimum Gasteiger partial charge on any atom is -0.296 e. The van der Waals surface area contributed by atoms with E-state index >= 15 is 0 Å². The van der Waals surface area contributed by atoms with E-state index in [1.165, 1.54) is 11.1 Å². The van der Waals surface area contributed by atoms with E-state index in [0.29, 0.717) is 23.2 Å². The number of likely N-dealkylation sites (tertiary alicyclic amines) is 2. The average molecular weight is 591 g/mol. The van der Waals surface area contributed by atoms with Crippen molar-refractivity contribution in [3.05, 3.63) is 59.7 Å². The second kappa shape index (κ2) is 12.6. The highest BCUT2D eigenvalue weighted by Crippen LogP contribution is 2.32. The van der Waals surface area contributed by atoms with Gasteiger partial charge in [0.05, 0.1) is 24.6 Å². The fourth-order valence-electron chi connectivity index (χ4n) is 6.02. The molecule has 2 aromatic rings. The van der Waals surface area contributed by atoms with Crippen molar-refractivity contribution in [2.75, 3.05) is 48.1 Å². The minimum absolute atomic E-state index is 0.134. The van der Waals surface area contributed by atoms with Gasteiger partial charge in [-0.05, 0) is 113 Å². The molecule has 2 aliphatic rings. The number of sulfonamides is 2.